The minimum atomic E-state index is -4.20. The van der Waals surface area contributed by atoms with Crippen LogP contribution in [0, 0.1) is 0 Å². The van der Waals surface area contributed by atoms with E-state index in [1.54, 1.807) is 18.9 Å². The fraction of sp³-hybridized carbons (Fsp3) is 0.400. The van der Waals surface area contributed by atoms with Crippen molar-refractivity contribution < 1.29 is 47.3 Å². The van der Waals surface area contributed by atoms with Crippen LogP contribution in [-0.2, 0) is 10.1 Å². The molecule has 5 nitrogen and oxygen atoms in total. The molecule has 0 unspecified atom stereocenters. The first-order chi connectivity index (χ1) is 10.8. The Morgan fingerprint density at radius 3 is 2.75 bits per heavy atom. The number of nitrogens with zero attached hydrogens (tertiary/aromatic N) is 1. The van der Waals surface area contributed by atoms with Crippen LogP contribution in [0.2, 0.25) is 0 Å². The van der Waals surface area contributed by atoms with Crippen LogP contribution < -0.4 is 39.2 Å². The monoisotopic (exact) mass is 395 g/mol. The van der Waals surface area contributed by atoms with Crippen LogP contribution in [0.5, 0.6) is 5.75 Å². The van der Waals surface area contributed by atoms with Gasteiger partial charge in [-0.2, -0.15) is 0 Å². The molecule has 0 saturated heterocycles. The number of benzene rings is 1. The number of fused-ring (bicyclic) bond motifs is 1. The Kier molecular flexibility index (Phi) is 8.75. The second-order valence-corrected chi connectivity index (χ2v) is 8.12. The van der Waals surface area contributed by atoms with Crippen molar-refractivity contribution in [2.45, 2.75) is 24.7 Å². The quantitative estimate of drug-likeness (QED) is 0.282. The van der Waals surface area contributed by atoms with Crippen LogP contribution in [0.3, 0.4) is 0 Å². The topological polar surface area (TPSA) is 69.7 Å². The molecule has 0 amide bonds. The van der Waals surface area contributed by atoms with E-state index in [0.717, 1.165) is 32.6 Å². The number of rotatable bonds is 7. The van der Waals surface area contributed by atoms with Gasteiger partial charge in [0.15, 0.2) is 0 Å². The van der Waals surface area contributed by atoms with E-state index < -0.39 is 10.1 Å². The number of hydrogen-bond acceptors (Lipinski definition) is 7. The van der Waals surface area contributed by atoms with Gasteiger partial charge in [-0.15, -0.1) is 0 Å². The molecule has 1 heterocycles. The Morgan fingerprint density at radius 2 is 2.17 bits per heavy atom. The summed E-state index contributed by atoms with van der Waals surface area (Å²) in [5, 5.41) is 0.948. The number of anilines is 1. The van der Waals surface area contributed by atoms with Gasteiger partial charge in [-0.3, -0.25) is 0 Å². The Labute approximate surface area is 174 Å². The van der Waals surface area contributed by atoms with E-state index in [0.29, 0.717) is 6.54 Å². The predicted octanol–water partition coefficient (Wildman–Crippen LogP) is 0.168. The average molecular weight is 396 g/mol. The maximum atomic E-state index is 10.8. The Bertz CT molecular complexity index is 734. The molecule has 0 saturated carbocycles. The summed E-state index contributed by atoms with van der Waals surface area (Å²) in [5.74, 6) is 0.351. The molecule has 0 aromatic heterocycles. The number of hydrogen-bond donors (Lipinski definition) is 0. The molecule has 1 aliphatic rings. The zero-order chi connectivity index (χ0) is 17.0. The van der Waals surface area contributed by atoms with Gasteiger partial charge in [-0.05, 0) is 31.1 Å². The fourth-order valence-electron chi connectivity index (χ4n) is 2.19. The van der Waals surface area contributed by atoms with Gasteiger partial charge in [0.1, 0.15) is 5.75 Å². The molecular formula is C15H18NNaO4S3. The summed E-state index contributed by atoms with van der Waals surface area (Å²) in [4.78, 5) is 3.88. The second kappa shape index (κ2) is 9.56. The summed E-state index contributed by atoms with van der Waals surface area (Å²) in [6, 6.07) is 5.75. The minimum absolute atomic E-state index is 0. The van der Waals surface area contributed by atoms with Crippen molar-refractivity contribution in [3.63, 3.8) is 0 Å². The van der Waals surface area contributed by atoms with Gasteiger partial charge in [0.2, 0.25) is 0 Å². The minimum Gasteiger partial charge on any atom is -0.748 e. The molecule has 1 aromatic rings. The molecule has 0 atom stereocenters. The summed E-state index contributed by atoms with van der Waals surface area (Å²) in [7, 11) is -2.61. The van der Waals surface area contributed by atoms with Crippen molar-refractivity contribution in [1.82, 2.24) is 0 Å². The summed E-state index contributed by atoms with van der Waals surface area (Å²) in [5.41, 5.74) is 0.947. The third-order valence-electron chi connectivity index (χ3n) is 3.35. The third kappa shape index (κ3) is 6.01. The van der Waals surface area contributed by atoms with E-state index >= 15 is 0 Å². The van der Waals surface area contributed by atoms with Crippen molar-refractivity contribution in [1.29, 1.82) is 0 Å². The number of allylic oxidation sites excluding steroid dienone is 1. The first-order valence-corrected chi connectivity index (χ1v) is 9.96. The van der Waals surface area contributed by atoms with Crippen molar-refractivity contribution in [2.75, 3.05) is 24.3 Å². The number of thioether (sulfide) groups is 1. The van der Waals surface area contributed by atoms with E-state index in [9.17, 15) is 13.0 Å². The molecule has 0 N–H and O–H groups in total. The van der Waals surface area contributed by atoms with Crippen molar-refractivity contribution >= 4 is 44.6 Å². The van der Waals surface area contributed by atoms with Crippen molar-refractivity contribution in [3.05, 3.63) is 29.3 Å². The molecule has 1 aromatic carbocycles. The van der Waals surface area contributed by atoms with Gasteiger partial charge in [0, 0.05) is 28.1 Å². The van der Waals surface area contributed by atoms with Gasteiger partial charge in [0.25, 0.3) is 0 Å². The zero-order valence-corrected chi connectivity index (χ0v) is 18.4. The van der Waals surface area contributed by atoms with E-state index in [4.69, 9.17) is 17.0 Å². The van der Waals surface area contributed by atoms with Gasteiger partial charge < -0.3 is 14.2 Å². The van der Waals surface area contributed by atoms with Gasteiger partial charge in [-0.1, -0.05) is 30.9 Å². The number of thiocarbonyl (C=S) groups is 1. The molecule has 2 rings (SSSR count). The normalized spacial score (nSPS) is 15.1. The fourth-order valence-corrected chi connectivity index (χ4v) is 3.99. The molecule has 0 radical (unpaired) electrons. The standard InChI is InChI=1S/C15H19NO4S3.Na/c1-3-12(21)10-15-16(7-4-8-23(17,18)19)13-9-11(20-2)5-6-14(13)22-15;/h5-6,9-10H,3-4,7-8H2,1-2H3,(H,17,18,19);/q;+1/p-1. The molecule has 0 bridgehead atoms. The van der Waals surface area contributed by atoms with E-state index in [1.807, 2.05) is 36.1 Å². The van der Waals surface area contributed by atoms with Gasteiger partial charge >= 0.3 is 29.6 Å². The molecule has 24 heavy (non-hydrogen) atoms. The molecule has 0 spiro atoms. The summed E-state index contributed by atoms with van der Waals surface area (Å²) < 4.78 is 37.7. The third-order valence-corrected chi connectivity index (χ3v) is 5.65. The predicted molar refractivity (Wildman–Crippen MR) is 96.4 cm³/mol. The first-order valence-electron chi connectivity index (χ1n) is 7.15. The summed E-state index contributed by atoms with van der Waals surface area (Å²) in [6.07, 6.45) is 2.96. The van der Waals surface area contributed by atoms with E-state index in [-0.39, 0.29) is 41.7 Å². The van der Waals surface area contributed by atoms with Crippen LogP contribution in [-0.4, -0.2) is 37.2 Å². The van der Waals surface area contributed by atoms with Crippen LogP contribution in [0.1, 0.15) is 19.8 Å². The van der Waals surface area contributed by atoms with Gasteiger partial charge in [0.05, 0.1) is 27.9 Å². The maximum Gasteiger partial charge on any atom is 1.00 e. The molecular weight excluding hydrogens is 377 g/mol. The summed E-state index contributed by atoms with van der Waals surface area (Å²) >= 11 is 6.87. The largest absolute Gasteiger partial charge is 1.00 e. The molecule has 9 heteroatoms. The second-order valence-electron chi connectivity index (χ2n) is 5.01. The Hall–Kier alpha value is -0.0900. The molecule has 126 valence electrons. The Morgan fingerprint density at radius 1 is 1.46 bits per heavy atom. The zero-order valence-electron chi connectivity index (χ0n) is 13.9. The van der Waals surface area contributed by atoms with Gasteiger partial charge in [-0.25, -0.2) is 8.42 Å². The van der Waals surface area contributed by atoms with Crippen LogP contribution in [0.15, 0.2) is 34.2 Å². The smallest absolute Gasteiger partial charge is 0.748 e. The Balaban J connectivity index is 0.00000288. The van der Waals surface area contributed by atoms with E-state index in [1.165, 1.54) is 0 Å². The van der Waals surface area contributed by atoms with Crippen molar-refractivity contribution in [3.8, 4) is 5.75 Å². The number of ether oxygens (including phenoxy) is 1. The molecule has 0 aliphatic carbocycles. The summed E-state index contributed by atoms with van der Waals surface area (Å²) in [6.45, 7) is 2.43. The first kappa shape index (κ1) is 22.0. The van der Waals surface area contributed by atoms with Crippen molar-refractivity contribution in [2.24, 2.45) is 0 Å². The average Bonchev–Trinajstić information content (AvgIpc) is 2.82. The van der Waals surface area contributed by atoms with E-state index in [2.05, 4.69) is 0 Å². The van der Waals surface area contributed by atoms with Crippen LogP contribution in [0.4, 0.5) is 5.69 Å². The number of methoxy groups -OCH3 is 1. The molecule has 1 aliphatic heterocycles. The van der Waals surface area contributed by atoms with Crippen LogP contribution in [0.25, 0.3) is 0 Å². The maximum absolute atomic E-state index is 10.8. The molecule has 0 fully saturated rings. The SMILES string of the molecule is CCC(=S)C=C1Sc2ccc(OC)cc2N1CCCS(=O)(=O)[O-].[Na+]. The van der Waals surface area contributed by atoms with Crippen LogP contribution >= 0.6 is 24.0 Å².